The highest BCUT2D eigenvalue weighted by atomic mass is 16.4. The van der Waals surface area contributed by atoms with Crippen LogP contribution in [0.2, 0.25) is 0 Å². The van der Waals surface area contributed by atoms with E-state index in [4.69, 9.17) is 10.8 Å². The van der Waals surface area contributed by atoms with Gasteiger partial charge in [0.05, 0.1) is 6.20 Å². The van der Waals surface area contributed by atoms with Gasteiger partial charge < -0.3 is 10.8 Å². The van der Waals surface area contributed by atoms with Gasteiger partial charge in [0.1, 0.15) is 12.2 Å². The number of aryl methyl sites for hydroxylation is 1. The Morgan fingerprint density at radius 3 is 2.74 bits per heavy atom. The van der Waals surface area contributed by atoms with E-state index in [1.165, 1.54) is 6.20 Å². The van der Waals surface area contributed by atoms with Crippen molar-refractivity contribution in [3.8, 4) is 11.3 Å². The lowest BCUT2D eigenvalue weighted by Crippen LogP contribution is -2.20. The van der Waals surface area contributed by atoms with Crippen molar-refractivity contribution in [2.24, 2.45) is 5.73 Å². The summed E-state index contributed by atoms with van der Waals surface area (Å²) in [5.74, 6) is -1.86. The SMILES string of the molecule is CCn1cc(-c2c(C(=O)O)nnn2CC(N)=O)cn1. The topological polar surface area (TPSA) is 129 Å². The summed E-state index contributed by atoms with van der Waals surface area (Å²) in [6, 6.07) is 0. The van der Waals surface area contributed by atoms with Crippen LogP contribution in [-0.4, -0.2) is 41.8 Å². The zero-order chi connectivity index (χ0) is 14.0. The maximum Gasteiger partial charge on any atom is 0.358 e. The predicted octanol–water partition coefficient (Wildman–Crippen LogP) is -0.655. The first-order chi connectivity index (χ1) is 9.02. The molecule has 0 fully saturated rings. The summed E-state index contributed by atoms with van der Waals surface area (Å²) in [6.45, 7) is 2.29. The van der Waals surface area contributed by atoms with Crippen LogP contribution in [0.1, 0.15) is 17.4 Å². The molecule has 2 rings (SSSR count). The molecule has 0 spiro atoms. The molecule has 0 saturated heterocycles. The van der Waals surface area contributed by atoms with E-state index in [0.29, 0.717) is 12.1 Å². The predicted molar refractivity (Wildman–Crippen MR) is 63.1 cm³/mol. The normalized spacial score (nSPS) is 10.6. The fourth-order valence-electron chi connectivity index (χ4n) is 1.66. The minimum Gasteiger partial charge on any atom is -0.476 e. The zero-order valence-electron chi connectivity index (χ0n) is 10.1. The highest BCUT2D eigenvalue weighted by molar-refractivity contribution is 5.92. The summed E-state index contributed by atoms with van der Waals surface area (Å²) in [6.07, 6.45) is 3.15. The molecule has 0 atom stereocenters. The molecule has 2 aromatic heterocycles. The Bertz CT molecular complexity index is 629. The van der Waals surface area contributed by atoms with Crippen molar-refractivity contribution in [3.05, 3.63) is 18.1 Å². The first-order valence-electron chi connectivity index (χ1n) is 5.50. The van der Waals surface area contributed by atoms with Crippen molar-refractivity contribution in [2.45, 2.75) is 20.0 Å². The quantitative estimate of drug-likeness (QED) is 0.737. The summed E-state index contributed by atoms with van der Waals surface area (Å²) in [5.41, 5.74) is 5.59. The first-order valence-corrected chi connectivity index (χ1v) is 5.50. The second kappa shape index (κ2) is 4.88. The lowest BCUT2D eigenvalue weighted by molar-refractivity contribution is -0.118. The van der Waals surface area contributed by atoms with E-state index in [9.17, 15) is 9.59 Å². The summed E-state index contributed by atoms with van der Waals surface area (Å²) in [4.78, 5) is 22.1. The van der Waals surface area contributed by atoms with Gasteiger partial charge in [0.15, 0.2) is 5.69 Å². The minimum absolute atomic E-state index is 0.214. The number of carbonyl (C=O) groups is 2. The van der Waals surface area contributed by atoms with E-state index >= 15 is 0 Å². The number of carboxylic acid groups (broad SMARTS) is 1. The molecule has 9 nitrogen and oxygen atoms in total. The van der Waals surface area contributed by atoms with E-state index in [1.54, 1.807) is 10.9 Å². The number of hydrogen-bond donors (Lipinski definition) is 2. The van der Waals surface area contributed by atoms with E-state index in [0.717, 1.165) is 4.68 Å². The van der Waals surface area contributed by atoms with E-state index < -0.39 is 11.9 Å². The summed E-state index contributed by atoms with van der Waals surface area (Å²) in [7, 11) is 0. The molecule has 0 aliphatic heterocycles. The van der Waals surface area contributed by atoms with Gasteiger partial charge in [0.25, 0.3) is 0 Å². The number of carbonyl (C=O) groups excluding carboxylic acids is 1. The van der Waals surface area contributed by atoms with Gasteiger partial charge in [-0.3, -0.25) is 9.48 Å². The molecule has 1 amide bonds. The number of aromatic carboxylic acids is 1. The van der Waals surface area contributed by atoms with Crippen molar-refractivity contribution in [2.75, 3.05) is 0 Å². The number of aromatic nitrogens is 5. The smallest absolute Gasteiger partial charge is 0.358 e. The third kappa shape index (κ3) is 2.44. The van der Waals surface area contributed by atoms with Crippen LogP contribution in [0.15, 0.2) is 12.4 Å². The van der Waals surface area contributed by atoms with Crippen LogP contribution in [-0.2, 0) is 17.9 Å². The van der Waals surface area contributed by atoms with Gasteiger partial charge in [-0.05, 0) is 6.92 Å². The van der Waals surface area contributed by atoms with Gasteiger partial charge >= 0.3 is 5.97 Å². The Morgan fingerprint density at radius 2 is 2.21 bits per heavy atom. The second-order valence-electron chi connectivity index (χ2n) is 3.80. The Labute approximate surface area is 107 Å². The number of amides is 1. The number of nitrogens with two attached hydrogens (primary N) is 1. The number of primary amides is 1. The van der Waals surface area contributed by atoms with Gasteiger partial charge in [-0.25, -0.2) is 9.48 Å². The molecule has 0 aromatic carbocycles. The monoisotopic (exact) mass is 264 g/mol. The van der Waals surface area contributed by atoms with Crippen LogP contribution in [0.3, 0.4) is 0 Å². The van der Waals surface area contributed by atoms with Crippen LogP contribution in [0.25, 0.3) is 11.3 Å². The van der Waals surface area contributed by atoms with Crippen LogP contribution in [0.4, 0.5) is 0 Å². The van der Waals surface area contributed by atoms with Gasteiger partial charge in [-0.15, -0.1) is 5.10 Å². The lowest BCUT2D eigenvalue weighted by Gasteiger charge is -2.02. The Morgan fingerprint density at radius 1 is 1.47 bits per heavy atom. The fourth-order valence-corrected chi connectivity index (χ4v) is 1.66. The van der Waals surface area contributed by atoms with Crippen molar-refractivity contribution in [1.29, 1.82) is 0 Å². The van der Waals surface area contributed by atoms with E-state index in [2.05, 4.69) is 15.4 Å². The molecule has 3 N–H and O–H groups in total. The summed E-state index contributed by atoms with van der Waals surface area (Å²) in [5, 5.41) is 20.3. The van der Waals surface area contributed by atoms with E-state index in [-0.39, 0.29) is 17.9 Å². The molecular weight excluding hydrogens is 252 g/mol. The molecule has 0 aliphatic carbocycles. The van der Waals surface area contributed by atoms with Crippen LogP contribution in [0.5, 0.6) is 0 Å². The fraction of sp³-hybridized carbons (Fsp3) is 0.300. The second-order valence-corrected chi connectivity index (χ2v) is 3.80. The standard InChI is InChI=1S/C10H12N6O3/c1-2-15-4-6(3-12-15)9-8(10(18)19)13-14-16(9)5-7(11)17/h3-4H,2,5H2,1H3,(H2,11,17)(H,18,19). The molecule has 2 heterocycles. The van der Waals surface area contributed by atoms with Gasteiger partial charge in [0, 0.05) is 18.3 Å². The molecule has 0 radical (unpaired) electrons. The van der Waals surface area contributed by atoms with Gasteiger partial charge in [-0.1, -0.05) is 5.21 Å². The summed E-state index contributed by atoms with van der Waals surface area (Å²) >= 11 is 0. The molecule has 100 valence electrons. The number of rotatable bonds is 5. The highest BCUT2D eigenvalue weighted by Crippen LogP contribution is 2.21. The maximum atomic E-state index is 11.1. The first kappa shape index (κ1) is 12.7. The third-order valence-corrected chi connectivity index (χ3v) is 2.47. The van der Waals surface area contributed by atoms with Gasteiger partial charge in [-0.2, -0.15) is 5.10 Å². The molecule has 9 heteroatoms. The lowest BCUT2D eigenvalue weighted by atomic mass is 10.2. The summed E-state index contributed by atoms with van der Waals surface area (Å²) < 4.78 is 2.78. The Hall–Kier alpha value is -2.71. The molecule has 0 bridgehead atoms. The third-order valence-electron chi connectivity index (χ3n) is 2.47. The van der Waals surface area contributed by atoms with Crippen LogP contribution >= 0.6 is 0 Å². The molecule has 2 aromatic rings. The van der Waals surface area contributed by atoms with Gasteiger partial charge in [0.2, 0.25) is 5.91 Å². The largest absolute Gasteiger partial charge is 0.476 e. The zero-order valence-corrected chi connectivity index (χ0v) is 10.1. The molecule has 0 aliphatic rings. The molecule has 0 saturated carbocycles. The average Bonchev–Trinajstić information content (AvgIpc) is 2.93. The Balaban J connectivity index is 2.53. The highest BCUT2D eigenvalue weighted by Gasteiger charge is 2.22. The van der Waals surface area contributed by atoms with Crippen LogP contribution in [0, 0.1) is 0 Å². The average molecular weight is 264 g/mol. The molecule has 19 heavy (non-hydrogen) atoms. The van der Waals surface area contributed by atoms with Crippen molar-refractivity contribution < 1.29 is 14.7 Å². The minimum atomic E-state index is -1.23. The number of carboxylic acids is 1. The maximum absolute atomic E-state index is 11.1. The number of hydrogen-bond acceptors (Lipinski definition) is 5. The van der Waals surface area contributed by atoms with Crippen molar-refractivity contribution in [3.63, 3.8) is 0 Å². The Kier molecular flexibility index (Phi) is 3.27. The number of nitrogens with zero attached hydrogens (tertiary/aromatic N) is 5. The van der Waals surface area contributed by atoms with Crippen molar-refractivity contribution in [1.82, 2.24) is 24.8 Å². The molecule has 0 unspecified atom stereocenters. The van der Waals surface area contributed by atoms with Crippen LogP contribution < -0.4 is 5.73 Å². The van der Waals surface area contributed by atoms with E-state index in [1.807, 2.05) is 6.92 Å². The molecular formula is C10H12N6O3. The van der Waals surface area contributed by atoms with Crippen molar-refractivity contribution >= 4 is 11.9 Å².